The molecular weight excluding hydrogens is 558 g/mol. The summed E-state index contributed by atoms with van der Waals surface area (Å²) in [6.45, 7) is 0. The summed E-state index contributed by atoms with van der Waals surface area (Å²) in [4.78, 5) is 26.2. The molecular formula is C23H15Br2N3O3S. The Bertz CT molecular complexity index is 1510. The first-order chi connectivity index (χ1) is 15.3. The molecule has 0 spiro atoms. The zero-order chi connectivity index (χ0) is 23.0. The third-order valence-electron chi connectivity index (χ3n) is 5.00. The molecule has 32 heavy (non-hydrogen) atoms. The van der Waals surface area contributed by atoms with Gasteiger partial charge in [-0.2, -0.15) is 5.26 Å². The van der Waals surface area contributed by atoms with Crippen molar-refractivity contribution >= 4 is 66.6 Å². The van der Waals surface area contributed by atoms with Gasteiger partial charge in [-0.1, -0.05) is 56.1 Å². The summed E-state index contributed by atoms with van der Waals surface area (Å²) in [6, 6.07) is 16.9. The zero-order valence-corrected chi connectivity index (χ0v) is 20.6. The minimum absolute atomic E-state index is 0.00951. The van der Waals surface area contributed by atoms with Crippen LogP contribution in [-0.2, 0) is 9.53 Å². The largest absolute Gasteiger partial charge is 0.466 e. The van der Waals surface area contributed by atoms with Crippen molar-refractivity contribution in [3.63, 3.8) is 0 Å². The maximum absolute atomic E-state index is 13.3. The first-order valence-corrected chi connectivity index (χ1v) is 11.7. The second-order valence-corrected chi connectivity index (χ2v) is 9.78. The van der Waals surface area contributed by atoms with Gasteiger partial charge >= 0.3 is 5.97 Å². The van der Waals surface area contributed by atoms with Gasteiger partial charge < -0.3 is 10.5 Å². The van der Waals surface area contributed by atoms with Crippen molar-refractivity contribution < 1.29 is 9.53 Å². The summed E-state index contributed by atoms with van der Waals surface area (Å²) in [6.07, 6.45) is 1.73. The number of benzene rings is 2. The molecule has 1 unspecified atom stereocenters. The van der Waals surface area contributed by atoms with Gasteiger partial charge in [-0.25, -0.2) is 4.79 Å². The number of hydrogen-bond donors (Lipinski definition) is 1. The molecule has 0 saturated carbocycles. The molecule has 4 rings (SSSR count). The number of methoxy groups -OCH3 is 1. The van der Waals surface area contributed by atoms with Crippen LogP contribution in [0.2, 0.25) is 0 Å². The number of nitrogens with two attached hydrogens (primary N) is 1. The number of carbonyl (C=O) groups is 1. The molecule has 2 aromatic carbocycles. The first-order valence-electron chi connectivity index (χ1n) is 9.33. The lowest BCUT2D eigenvalue weighted by Crippen LogP contribution is -2.40. The molecule has 160 valence electrons. The van der Waals surface area contributed by atoms with E-state index in [4.69, 9.17) is 10.5 Å². The van der Waals surface area contributed by atoms with Crippen LogP contribution in [0.25, 0.3) is 17.5 Å². The fraction of sp³-hybridized carbons (Fsp3) is 0.0870. The van der Waals surface area contributed by atoms with E-state index in [9.17, 15) is 14.9 Å². The van der Waals surface area contributed by atoms with Crippen molar-refractivity contribution in [2.75, 3.05) is 7.11 Å². The normalized spacial score (nSPS) is 16.0. The second-order valence-electron chi connectivity index (χ2n) is 6.92. The van der Waals surface area contributed by atoms with E-state index in [0.29, 0.717) is 14.8 Å². The Morgan fingerprint density at radius 1 is 1.22 bits per heavy atom. The van der Waals surface area contributed by atoms with E-state index in [2.05, 4.69) is 37.9 Å². The van der Waals surface area contributed by atoms with Gasteiger partial charge in [0.2, 0.25) is 0 Å². The van der Waals surface area contributed by atoms with E-state index >= 15 is 0 Å². The van der Waals surface area contributed by atoms with E-state index < -0.39 is 17.4 Å². The van der Waals surface area contributed by atoms with E-state index in [1.54, 1.807) is 12.1 Å². The average molecular weight is 573 g/mol. The SMILES string of the molecule is COC(=O)C1=c2s/c(=C\c3cccc(Br)c3)c(=O)n2C(N)=C(C#N)C1c1cccc(Br)c1. The fourth-order valence-electron chi connectivity index (χ4n) is 3.62. The molecule has 9 heteroatoms. The molecule has 3 aromatic rings. The quantitative estimate of drug-likeness (QED) is 0.486. The van der Waals surface area contributed by atoms with Crippen LogP contribution in [0.1, 0.15) is 17.0 Å². The Labute approximate surface area is 203 Å². The Hall–Kier alpha value is -2.93. The molecule has 2 heterocycles. The number of ether oxygens (including phenoxy) is 1. The lowest BCUT2D eigenvalue weighted by Gasteiger charge is -2.24. The molecule has 1 aliphatic heterocycles. The Balaban J connectivity index is 2.11. The van der Waals surface area contributed by atoms with Crippen LogP contribution in [0.3, 0.4) is 0 Å². The van der Waals surface area contributed by atoms with E-state index in [1.807, 2.05) is 42.5 Å². The van der Waals surface area contributed by atoms with Crippen LogP contribution >= 0.6 is 43.2 Å². The molecule has 0 radical (unpaired) electrons. The highest BCUT2D eigenvalue weighted by Crippen LogP contribution is 2.37. The van der Waals surface area contributed by atoms with E-state index in [-0.39, 0.29) is 17.0 Å². The number of nitrogens with zero attached hydrogens (tertiary/aromatic N) is 2. The van der Waals surface area contributed by atoms with Gasteiger partial charge in [0.25, 0.3) is 5.56 Å². The summed E-state index contributed by atoms with van der Waals surface area (Å²) in [5.41, 5.74) is 7.74. The lowest BCUT2D eigenvalue weighted by atomic mass is 9.84. The number of nitriles is 1. The van der Waals surface area contributed by atoms with Crippen LogP contribution in [0.5, 0.6) is 0 Å². The number of halogens is 2. The first kappa shape index (κ1) is 22.3. The molecule has 1 aromatic heterocycles. The molecule has 2 N–H and O–H groups in total. The van der Waals surface area contributed by atoms with Gasteiger partial charge in [0, 0.05) is 8.95 Å². The minimum Gasteiger partial charge on any atom is -0.466 e. The van der Waals surface area contributed by atoms with Crippen LogP contribution in [0.4, 0.5) is 0 Å². The van der Waals surface area contributed by atoms with Crippen molar-refractivity contribution in [3.05, 3.63) is 93.7 Å². The number of thiazole rings is 1. The Kier molecular flexibility index (Phi) is 6.20. The number of esters is 1. The van der Waals surface area contributed by atoms with Gasteiger partial charge in [-0.15, -0.1) is 11.3 Å². The van der Waals surface area contributed by atoms with Crippen molar-refractivity contribution in [3.8, 4) is 6.07 Å². The third-order valence-corrected chi connectivity index (χ3v) is 7.10. The number of rotatable bonds is 3. The van der Waals surface area contributed by atoms with Crippen LogP contribution in [0.15, 0.2) is 67.8 Å². The standard InChI is InChI=1S/C23H15Br2N3O3S/c1-31-23(30)19-18(13-5-3-7-15(25)10-13)16(11-26)20(27)28-21(29)17(32-22(19)28)9-12-4-2-6-14(24)8-12/h2-10,18H,27H2,1H3/b17-9-. The summed E-state index contributed by atoms with van der Waals surface area (Å²) < 4.78 is 8.68. The third kappa shape index (κ3) is 3.86. The van der Waals surface area contributed by atoms with Crippen LogP contribution in [-0.4, -0.2) is 17.6 Å². The molecule has 0 bridgehead atoms. The highest BCUT2D eigenvalue weighted by atomic mass is 79.9. The predicted octanol–water partition coefficient (Wildman–Crippen LogP) is 3.04. The van der Waals surface area contributed by atoms with Gasteiger partial charge in [-0.05, 0) is 41.5 Å². The monoisotopic (exact) mass is 571 g/mol. The highest BCUT2D eigenvalue weighted by Gasteiger charge is 2.36. The second kappa shape index (κ2) is 8.90. The molecule has 6 nitrogen and oxygen atoms in total. The van der Waals surface area contributed by atoms with Gasteiger partial charge in [0.1, 0.15) is 10.5 Å². The van der Waals surface area contributed by atoms with Crippen molar-refractivity contribution in [1.82, 2.24) is 4.57 Å². The number of carbonyl (C=O) groups excluding carboxylic acids is 1. The molecule has 1 aliphatic rings. The highest BCUT2D eigenvalue weighted by molar-refractivity contribution is 9.10. The molecule has 0 amide bonds. The van der Waals surface area contributed by atoms with Crippen molar-refractivity contribution in [1.29, 1.82) is 5.26 Å². The smallest absolute Gasteiger partial charge is 0.337 e. The summed E-state index contributed by atoms with van der Waals surface area (Å²) in [5, 5.41) is 9.93. The van der Waals surface area contributed by atoms with E-state index in [0.717, 1.165) is 25.8 Å². The van der Waals surface area contributed by atoms with E-state index in [1.165, 1.54) is 11.7 Å². The molecule has 0 fully saturated rings. The Morgan fingerprint density at radius 2 is 1.91 bits per heavy atom. The number of aromatic nitrogens is 1. The van der Waals surface area contributed by atoms with Gasteiger partial charge in [-0.3, -0.25) is 9.36 Å². The molecule has 0 aliphatic carbocycles. The number of allylic oxidation sites excluding steroid dienone is 1. The maximum atomic E-state index is 13.3. The van der Waals surface area contributed by atoms with Gasteiger partial charge in [0.15, 0.2) is 0 Å². The molecule has 1 atom stereocenters. The Morgan fingerprint density at radius 3 is 2.53 bits per heavy atom. The minimum atomic E-state index is -0.762. The summed E-state index contributed by atoms with van der Waals surface area (Å²) in [7, 11) is 1.27. The van der Waals surface area contributed by atoms with Crippen molar-refractivity contribution in [2.24, 2.45) is 5.73 Å². The maximum Gasteiger partial charge on any atom is 0.337 e. The van der Waals surface area contributed by atoms with Crippen LogP contribution in [0, 0.1) is 11.3 Å². The predicted molar refractivity (Wildman–Crippen MR) is 131 cm³/mol. The number of hydrogen-bond acceptors (Lipinski definition) is 6. The summed E-state index contributed by atoms with van der Waals surface area (Å²) in [5.74, 6) is -1.38. The van der Waals surface area contributed by atoms with Crippen LogP contribution < -0.4 is 20.5 Å². The zero-order valence-electron chi connectivity index (χ0n) is 16.6. The topological polar surface area (TPSA) is 98.1 Å². The fourth-order valence-corrected chi connectivity index (χ4v) is 5.62. The van der Waals surface area contributed by atoms with Gasteiger partial charge in [0.05, 0.1) is 34.8 Å². The lowest BCUT2D eigenvalue weighted by molar-refractivity contribution is -0.134. The summed E-state index contributed by atoms with van der Waals surface area (Å²) >= 11 is 8.00. The average Bonchev–Trinajstić information content (AvgIpc) is 3.09. The molecule has 0 saturated heterocycles. The van der Waals surface area contributed by atoms with Crippen molar-refractivity contribution in [2.45, 2.75) is 5.92 Å². The number of fused-ring (bicyclic) bond motifs is 1.